The van der Waals surface area contributed by atoms with Gasteiger partial charge in [0.2, 0.25) is 0 Å². The lowest BCUT2D eigenvalue weighted by Gasteiger charge is -2.25. The van der Waals surface area contributed by atoms with Crippen LogP contribution in [0.15, 0.2) is 12.2 Å². The van der Waals surface area contributed by atoms with Crippen molar-refractivity contribution < 1.29 is 4.84 Å². The topological polar surface area (TPSA) is 47.3 Å². The van der Waals surface area contributed by atoms with Crippen LogP contribution in [-0.2, 0) is 4.84 Å². The van der Waals surface area contributed by atoms with E-state index in [0.29, 0.717) is 0 Å². The lowest BCUT2D eigenvalue weighted by Crippen LogP contribution is -2.37. The molecule has 0 aliphatic carbocycles. The monoisotopic (exact) mass is 144 g/mol. The summed E-state index contributed by atoms with van der Waals surface area (Å²) in [5.41, 5.74) is 2.81. The Morgan fingerprint density at radius 2 is 2.20 bits per heavy atom. The van der Waals surface area contributed by atoms with Gasteiger partial charge in [-0.15, -0.1) is 5.59 Å². The maximum absolute atomic E-state index is 5.01. The van der Waals surface area contributed by atoms with Gasteiger partial charge in [0.15, 0.2) is 0 Å². The molecule has 0 aliphatic heterocycles. The second-order valence-electron chi connectivity index (χ2n) is 2.69. The molecular weight excluding hydrogens is 128 g/mol. The van der Waals surface area contributed by atoms with E-state index in [2.05, 4.69) is 12.2 Å². The molecule has 60 valence electrons. The maximum Gasteiger partial charge on any atom is 0.106 e. The predicted octanol–water partition coefficient (Wildman–Crippen LogP) is 1.13. The highest BCUT2D eigenvalue weighted by Gasteiger charge is 2.20. The van der Waals surface area contributed by atoms with Gasteiger partial charge in [-0.2, -0.15) is 0 Å². The summed E-state index contributed by atoms with van der Waals surface area (Å²) in [6, 6.07) is 0. The molecule has 0 aromatic heterocycles. The van der Waals surface area contributed by atoms with Gasteiger partial charge in [-0.25, -0.2) is 5.84 Å². The molecule has 0 heterocycles. The van der Waals surface area contributed by atoms with E-state index in [4.69, 9.17) is 10.7 Å². The third-order valence-corrected chi connectivity index (χ3v) is 1.59. The SMILES string of the molecule is C=C(CC)C(C)(C)ONN. The molecule has 0 rings (SSSR count). The molecule has 0 fully saturated rings. The zero-order valence-corrected chi connectivity index (χ0v) is 6.90. The van der Waals surface area contributed by atoms with Crippen LogP contribution < -0.4 is 11.4 Å². The number of hydrogen-bond acceptors (Lipinski definition) is 3. The van der Waals surface area contributed by atoms with E-state index in [-0.39, 0.29) is 5.60 Å². The van der Waals surface area contributed by atoms with Crippen molar-refractivity contribution in [1.29, 1.82) is 0 Å². The highest BCUT2D eigenvalue weighted by molar-refractivity contribution is 5.07. The summed E-state index contributed by atoms with van der Waals surface area (Å²) in [6.07, 6.45) is 0.898. The minimum atomic E-state index is -0.372. The molecule has 0 unspecified atom stereocenters. The second kappa shape index (κ2) is 3.71. The Bertz CT molecular complexity index is 121. The summed E-state index contributed by atoms with van der Waals surface area (Å²) in [6.45, 7) is 9.71. The average molecular weight is 144 g/mol. The fraction of sp³-hybridized carbons (Fsp3) is 0.714. The maximum atomic E-state index is 5.01. The molecule has 3 heteroatoms. The van der Waals surface area contributed by atoms with Crippen molar-refractivity contribution in [3.05, 3.63) is 12.2 Å². The highest BCUT2D eigenvalue weighted by Crippen LogP contribution is 2.19. The van der Waals surface area contributed by atoms with Crippen LogP contribution in [0, 0.1) is 0 Å². The first kappa shape index (κ1) is 9.62. The summed E-state index contributed by atoms with van der Waals surface area (Å²) in [5.74, 6) is 4.99. The van der Waals surface area contributed by atoms with Crippen LogP contribution >= 0.6 is 0 Å². The van der Waals surface area contributed by atoms with Crippen molar-refractivity contribution in [2.45, 2.75) is 32.8 Å². The Morgan fingerprint density at radius 1 is 1.70 bits per heavy atom. The fourth-order valence-electron chi connectivity index (χ4n) is 0.645. The predicted molar refractivity (Wildman–Crippen MR) is 41.9 cm³/mol. The standard InChI is InChI=1S/C7H16N2O/c1-5-6(2)7(3,4)10-9-8/h9H,2,5,8H2,1,3-4H3. The molecular formula is C7H16N2O. The summed E-state index contributed by atoms with van der Waals surface area (Å²) in [4.78, 5) is 5.01. The van der Waals surface area contributed by atoms with Gasteiger partial charge in [0.05, 0.1) is 0 Å². The van der Waals surface area contributed by atoms with Gasteiger partial charge in [0.25, 0.3) is 0 Å². The smallest absolute Gasteiger partial charge is 0.106 e. The van der Waals surface area contributed by atoms with Gasteiger partial charge >= 0.3 is 0 Å². The summed E-state index contributed by atoms with van der Waals surface area (Å²) in [5, 5.41) is 0. The van der Waals surface area contributed by atoms with Gasteiger partial charge in [-0.3, -0.25) is 4.84 Å². The zero-order chi connectivity index (χ0) is 8.20. The van der Waals surface area contributed by atoms with E-state index in [1.54, 1.807) is 0 Å². The first-order valence-electron chi connectivity index (χ1n) is 3.36. The van der Waals surface area contributed by atoms with E-state index >= 15 is 0 Å². The van der Waals surface area contributed by atoms with Crippen molar-refractivity contribution in [3.8, 4) is 0 Å². The number of rotatable bonds is 4. The van der Waals surface area contributed by atoms with Crippen LogP contribution in [0.1, 0.15) is 27.2 Å². The van der Waals surface area contributed by atoms with Crippen LogP contribution in [0.25, 0.3) is 0 Å². The molecule has 0 amide bonds. The Balaban J connectivity index is 3.96. The van der Waals surface area contributed by atoms with Gasteiger partial charge < -0.3 is 0 Å². The van der Waals surface area contributed by atoms with Crippen LogP contribution in [0.2, 0.25) is 0 Å². The second-order valence-corrected chi connectivity index (χ2v) is 2.69. The molecule has 3 N–H and O–H groups in total. The van der Waals surface area contributed by atoms with Gasteiger partial charge in [-0.1, -0.05) is 13.5 Å². The molecule has 0 bridgehead atoms. The number of nitrogens with one attached hydrogen (secondary N) is 1. The van der Waals surface area contributed by atoms with Crippen LogP contribution in [0.4, 0.5) is 0 Å². The molecule has 0 aromatic rings. The fourth-order valence-corrected chi connectivity index (χ4v) is 0.645. The molecule has 0 aliphatic rings. The summed E-state index contributed by atoms with van der Waals surface area (Å²) in [7, 11) is 0. The van der Waals surface area contributed by atoms with Crippen molar-refractivity contribution in [2.75, 3.05) is 0 Å². The molecule has 10 heavy (non-hydrogen) atoms. The van der Waals surface area contributed by atoms with E-state index in [0.717, 1.165) is 12.0 Å². The van der Waals surface area contributed by atoms with Gasteiger partial charge in [-0.05, 0) is 25.8 Å². The highest BCUT2D eigenvalue weighted by atomic mass is 16.7. The zero-order valence-electron chi connectivity index (χ0n) is 6.90. The third kappa shape index (κ3) is 2.47. The van der Waals surface area contributed by atoms with Crippen LogP contribution in [0.3, 0.4) is 0 Å². The Kier molecular flexibility index (Phi) is 3.57. The van der Waals surface area contributed by atoms with E-state index < -0.39 is 0 Å². The molecule has 0 saturated carbocycles. The molecule has 0 saturated heterocycles. The molecule has 0 radical (unpaired) electrons. The summed E-state index contributed by atoms with van der Waals surface area (Å²) < 4.78 is 0. The molecule has 0 aromatic carbocycles. The summed E-state index contributed by atoms with van der Waals surface area (Å²) >= 11 is 0. The minimum absolute atomic E-state index is 0.372. The van der Waals surface area contributed by atoms with Crippen molar-refractivity contribution in [1.82, 2.24) is 5.59 Å². The molecule has 0 atom stereocenters. The van der Waals surface area contributed by atoms with E-state index in [1.165, 1.54) is 0 Å². The van der Waals surface area contributed by atoms with E-state index in [1.807, 2.05) is 20.8 Å². The van der Waals surface area contributed by atoms with Crippen molar-refractivity contribution in [3.63, 3.8) is 0 Å². The van der Waals surface area contributed by atoms with Crippen LogP contribution in [0.5, 0.6) is 0 Å². The molecule has 3 nitrogen and oxygen atoms in total. The largest absolute Gasteiger partial charge is 0.277 e. The quantitative estimate of drug-likeness (QED) is 0.353. The Hall–Kier alpha value is -0.380. The van der Waals surface area contributed by atoms with Gasteiger partial charge in [0.1, 0.15) is 5.60 Å². The normalized spacial score (nSPS) is 11.6. The van der Waals surface area contributed by atoms with E-state index in [9.17, 15) is 0 Å². The minimum Gasteiger partial charge on any atom is -0.277 e. The number of hydrogen-bond donors (Lipinski definition) is 2. The molecule has 0 spiro atoms. The lowest BCUT2D eigenvalue weighted by atomic mass is 9.98. The lowest BCUT2D eigenvalue weighted by molar-refractivity contribution is -0.0627. The first-order valence-corrected chi connectivity index (χ1v) is 3.36. The Morgan fingerprint density at radius 3 is 2.50 bits per heavy atom. The number of hydrazine groups is 1. The van der Waals surface area contributed by atoms with Crippen molar-refractivity contribution in [2.24, 2.45) is 5.84 Å². The van der Waals surface area contributed by atoms with Crippen LogP contribution in [-0.4, -0.2) is 5.60 Å². The first-order chi connectivity index (χ1) is 4.54. The third-order valence-electron chi connectivity index (χ3n) is 1.59. The average Bonchev–Trinajstić information content (AvgIpc) is 1.86. The van der Waals surface area contributed by atoms with Gasteiger partial charge in [0, 0.05) is 0 Å². The Labute approximate surface area is 62.2 Å². The number of nitrogens with two attached hydrogens (primary N) is 1. The van der Waals surface area contributed by atoms with Crippen molar-refractivity contribution >= 4 is 0 Å².